The van der Waals surface area contributed by atoms with Crippen molar-refractivity contribution in [1.82, 2.24) is 19.9 Å². The van der Waals surface area contributed by atoms with Crippen molar-refractivity contribution in [2.24, 2.45) is 0 Å². The van der Waals surface area contributed by atoms with Crippen LogP contribution in [0.5, 0.6) is 5.75 Å². The molecule has 2 heterocycles. The van der Waals surface area contributed by atoms with Crippen LogP contribution < -0.4 is 4.74 Å². The monoisotopic (exact) mass is 473 g/mol. The second kappa shape index (κ2) is 10.7. The Labute approximate surface area is 195 Å². The standard InChI is InChI=1S/C22H24ClN5O5/c23-17-6-4-16(5-7-17)22-24-21(33-25-22)14-27-10-8-26(9-11-27)13-19(29)15-32-20-3-1-2-18(12-20)28(30)31/h1-7,12,19,29H,8-11,13-15H2/t19-/m1/s1. The second-order valence-electron chi connectivity index (χ2n) is 7.81. The van der Waals surface area contributed by atoms with Crippen LogP contribution in [0.1, 0.15) is 5.89 Å². The summed E-state index contributed by atoms with van der Waals surface area (Å²) >= 11 is 5.92. The summed E-state index contributed by atoms with van der Waals surface area (Å²) in [4.78, 5) is 19.2. The number of benzene rings is 2. The van der Waals surface area contributed by atoms with Crippen molar-refractivity contribution in [2.75, 3.05) is 39.3 Å². The fraction of sp³-hybridized carbons (Fsp3) is 0.364. The van der Waals surface area contributed by atoms with Gasteiger partial charge in [0.05, 0.1) is 17.5 Å². The molecule has 174 valence electrons. The molecule has 0 aliphatic carbocycles. The smallest absolute Gasteiger partial charge is 0.273 e. The Hall–Kier alpha value is -3.05. The van der Waals surface area contributed by atoms with Crippen LogP contribution in [0.25, 0.3) is 11.4 Å². The summed E-state index contributed by atoms with van der Waals surface area (Å²) in [5, 5.41) is 25.9. The number of ether oxygens (including phenoxy) is 1. The normalized spacial score (nSPS) is 15.9. The molecule has 0 amide bonds. The minimum atomic E-state index is -0.700. The number of halogens is 1. The van der Waals surface area contributed by atoms with Crippen LogP contribution in [0.3, 0.4) is 0 Å². The zero-order valence-corrected chi connectivity index (χ0v) is 18.6. The maximum atomic E-state index is 10.8. The molecule has 0 radical (unpaired) electrons. The molecular weight excluding hydrogens is 450 g/mol. The zero-order valence-electron chi connectivity index (χ0n) is 17.8. The quantitative estimate of drug-likeness (QED) is 0.369. The van der Waals surface area contributed by atoms with Crippen LogP contribution in [0.4, 0.5) is 5.69 Å². The van der Waals surface area contributed by atoms with Crippen LogP contribution in [-0.4, -0.2) is 75.4 Å². The Morgan fingerprint density at radius 2 is 1.88 bits per heavy atom. The molecular formula is C22H24ClN5O5. The SMILES string of the molecule is O=[N+]([O-])c1cccc(OC[C@H](O)CN2CCN(Cc3nc(-c4ccc(Cl)cc4)no3)CC2)c1. The molecule has 1 N–H and O–H groups in total. The summed E-state index contributed by atoms with van der Waals surface area (Å²) < 4.78 is 10.9. The van der Waals surface area contributed by atoms with E-state index in [0.717, 1.165) is 31.7 Å². The number of β-amino-alcohol motifs (C(OH)–C–C–N with tert-alkyl or cyclic N) is 1. The summed E-state index contributed by atoms with van der Waals surface area (Å²) in [6, 6.07) is 13.2. The third-order valence-corrected chi connectivity index (χ3v) is 5.59. The Morgan fingerprint density at radius 1 is 1.15 bits per heavy atom. The predicted octanol–water partition coefficient (Wildman–Crippen LogP) is 2.86. The number of hydrogen-bond acceptors (Lipinski definition) is 9. The van der Waals surface area contributed by atoms with E-state index in [4.69, 9.17) is 20.9 Å². The number of non-ortho nitro benzene ring substituents is 1. The number of nitro groups is 1. The first-order valence-corrected chi connectivity index (χ1v) is 10.9. The first-order valence-electron chi connectivity index (χ1n) is 10.5. The van der Waals surface area contributed by atoms with Crippen molar-refractivity contribution in [1.29, 1.82) is 0 Å². The average Bonchev–Trinajstić information content (AvgIpc) is 3.28. The van der Waals surface area contributed by atoms with Crippen LogP contribution >= 0.6 is 11.6 Å². The molecule has 10 nitrogen and oxygen atoms in total. The molecule has 11 heteroatoms. The average molecular weight is 474 g/mol. The van der Waals surface area contributed by atoms with E-state index in [-0.39, 0.29) is 12.3 Å². The lowest BCUT2D eigenvalue weighted by Gasteiger charge is -2.34. The van der Waals surface area contributed by atoms with Gasteiger partial charge in [-0.1, -0.05) is 22.8 Å². The molecule has 4 rings (SSSR count). The maximum absolute atomic E-state index is 10.8. The van der Waals surface area contributed by atoms with E-state index < -0.39 is 11.0 Å². The van der Waals surface area contributed by atoms with Gasteiger partial charge in [-0.15, -0.1) is 0 Å². The van der Waals surface area contributed by atoms with Crippen LogP contribution in [0, 0.1) is 10.1 Å². The number of nitrogens with zero attached hydrogens (tertiary/aromatic N) is 5. The molecule has 0 spiro atoms. The van der Waals surface area contributed by atoms with Crippen molar-refractivity contribution in [3.05, 3.63) is 69.6 Å². The van der Waals surface area contributed by atoms with Gasteiger partial charge in [-0.05, 0) is 30.3 Å². The number of rotatable bonds is 9. The van der Waals surface area contributed by atoms with Gasteiger partial charge in [0.15, 0.2) is 0 Å². The first kappa shape index (κ1) is 23.1. The molecule has 33 heavy (non-hydrogen) atoms. The number of nitro benzene ring substituents is 1. The molecule has 3 aromatic rings. The Kier molecular flexibility index (Phi) is 7.50. The lowest BCUT2D eigenvalue weighted by Crippen LogP contribution is -2.48. The molecule has 1 aliphatic heterocycles. The Balaban J connectivity index is 1.19. The molecule has 1 aromatic heterocycles. The highest BCUT2D eigenvalue weighted by Gasteiger charge is 2.21. The van der Waals surface area contributed by atoms with Crippen LogP contribution in [0.15, 0.2) is 53.1 Å². The van der Waals surface area contributed by atoms with Crippen molar-refractivity contribution in [3.8, 4) is 17.1 Å². The highest BCUT2D eigenvalue weighted by Crippen LogP contribution is 2.20. The molecule has 1 saturated heterocycles. The number of aliphatic hydroxyl groups is 1. The van der Waals surface area contributed by atoms with E-state index in [2.05, 4.69) is 19.9 Å². The maximum Gasteiger partial charge on any atom is 0.273 e. The highest BCUT2D eigenvalue weighted by atomic mass is 35.5. The summed E-state index contributed by atoms with van der Waals surface area (Å²) in [5.41, 5.74) is 0.806. The van der Waals surface area contributed by atoms with Gasteiger partial charge >= 0.3 is 0 Å². The molecule has 1 atom stereocenters. The van der Waals surface area contributed by atoms with Gasteiger partial charge in [0.1, 0.15) is 18.5 Å². The zero-order chi connectivity index (χ0) is 23.2. The van der Waals surface area contributed by atoms with Gasteiger partial charge in [-0.2, -0.15) is 4.98 Å². The van der Waals surface area contributed by atoms with Crippen molar-refractivity contribution in [2.45, 2.75) is 12.6 Å². The van der Waals surface area contributed by atoms with Gasteiger partial charge in [0.25, 0.3) is 5.69 Å². The summed E-state index contributed by atoms with van der Waals surface area (Å²) in [7, 11) is 0. The van der Waals surface area contributed by atoms with E-state index in [1.807, 2.05) is 12.1 Å². The molecule has 2 aromatic carbocycles. The Morgan fingerprint density at radius 3 is 2.61 bits per heavy atom. The van der Waals surface area contributed by atoms with E-state index in [0.29, 0.717) is 35.6 Å². The minimum Gasteiger partial charge on any atom is -0.491 e. The third kappa shape index (κ3) is 6.48. The van der Waals surface area contributed by atoms with Gasteiger partial charge in [-0.25, -0.2) is 0 Å². The van der Waals surface area contributed by atoms with Crippen molar-refractivity contribution >= 4 is 17.3 Å². The largest absolute Gasteiger partial charge is 0.491 e. The van der Waals surface area contributed by atoms with Gasteiger partial charge in [0.2, 0.25) is 11.7 Å². The third-order valence-electron chi connectivity index (χ3n) is 5.33. The molecule has 0 bridgehead atoms. The first-order chi connectivity index (χ1) is 16.0. The van der Waals surface area contributed by atoms with E-state index in [1.165, 1.54) is 12.1 Å². The van der Waals surface area contributed by atoms with Gasteiger partial charge in [-0.3, -0.25) is 19.9 Å². The number of aliphatic hydroxyl groups excluding tert-OH is 1. The summed E-state index contributed by atoms with van der Waals surface area (Å²) in [6.45, 7) is 4.26. The number of hydrogen-bond donors (Lipinski definition) is 1. The second-order valence-corrected chi connectivity index (χ2v) is 8.25. The van der Waals surface area contributed by atoms with Crippen LogP contribution in [0.2, 0.25) is 5.02 Å². The van der Waals surface area contributed by atoms with Crippen molar-refractivity contribution < 1.29 is 19.3 Å². The lowest BCUT2D eigenvalue weighted by atomic mass is 10.2. The lowest BCUT2D eigenvalue weighted by molar-refractivity contribution is -0.384. The van der Waals surface area contributed by atoms with Gasteiger partial charge < -0.3 is 14.4 Å². The predicted molar refractivity (Wildman–Crippen MR) is 121 cm³/mol. The highest BCUT2D eigenvalue weighted by molar-refractivity contribution is 6.30. The molecule has 1 aliphatic rings. The Bertz CT molecular complexity index is 1070. The molecule has 0 unspecified atom stereocenters. The topological polar surface area (TPSA) is 118 Å². The van der Waals surface area contributed by atoms with E-state index in [9.17, 15) is 15.2 Å². The summed E-state index contributed by atoms with van der Waals surface area (Å²) in [6.07, 6.45) is -0.700. The number of aromatic nitrogens is 2. The fourth-order valence-electron chi connectivity index (χ4n) is 3.59. The molecule has 1 fully saturated rings. The minimum absolute atomic E-state index is 0.0420. The van der Waals surface area contributed by atoms with E-state index >= 15 is 0 Å². The summed E-state index contributed by atoms with van der Waals surface area (Å²) in [5.74, 6) is 1.46. The fourth-order valence-corrected chi connectivity index (χ4v) is 3.71. The van der Waals surface area contributed by atoms with E-state index in [1.54, 1.807) is 24.3 Å². The van der Waals surface area contributed by atoms with Gasteiger partial charge in [0, 0.05) is 49.4 Å². The van der Waals surface area contributed by atoms with Crippen molar-refractivity contribution in [3.63, 3.8) is 0 Å². The molecule has 0 saturated carbocycles. The van der Waals surface area contributed by atoms with Crippen LogP contribution in [-0.2, 0) is 6.54 Å². The number of piperazine rings is 1.